The Morgan fingerprint density at radius 3 is 1.62 bits per heavy atom. The highest BCUT2D eigenvalue weighted by atomic mass is 16.3. The predicted molar refractivity (Wildman–Crippen MR) is 243 cm³/mol. The predicted octanol–water partition coefficient (Wildman–Crippen LogP) is -2.58. The monoisotopic (exact) mass is 908 g/mol. The van der Waals surface area contributed by atoms with E-state index >= 15 is 0 Å². The zero-order valence-electron chi connectivity index (χ0n) is 37.8. The van der Waals surface area contributed by atoms with Crippen molar-refractivity contribution < 1.29 is 43.5 Å². The van der Waals surface area contributed by atoms with Gasteiger partial charge in [-0.15, -0.1) is 0 Å². The fourth-order valence-electron chi connectivity index (χ4n) is 7.30. The normalized spacial score (nSPS) is 24.0. The SMILES string of the molecule is CCc1ccccc1CC(=O)N[C@H]1CCNC(=O)[C@H]([C@@H](C)O)NC(=O)[C@H](CCN)NC(=O)[C@H](CCN)NC(=O)[C@H](CC(C)C)NC(=O)[C@@H](Cc2ccccc2)NC(=O)[C@H](CCN)NC1=O. The van der Waals surface area contributed by atoms with E-state index < -0.39 is 95.7 Å². The molecule has 65 heavy (non-hydrogen) atoms. The van der Waals surface area contributed by atoms with E-state index in [9.17, 15) is 43.5 Å². The van der Waals surface area contributed by atoms with E-state index in [1.807, 2.05) is 32.9 Å². The first kappa shape index (κ1) is 53.4. The first-order chi connectivity index (χ1) is 31.0. The lowest BCUT2D eigenvalue weighted by Gasteiger charge is -2.28. The van der Waals surface area contributed by atoms with Gasteiger partial charge in [0.15, 0.2) is 0 Å². The van der Waals surface area contributed by atoms with Crippen LogP contribution in [0.2, 0.25) is 0 Å². The molecule has 1 aliphatic rings. The summed E-state index contributed by atoms with van der Waals surface area (Å²) in [6.07, 6.45) is -1.23. The summed E-state index contributed by atoms with van der Waals surface area (Å²) in [4.78, 5) is 111. The first-order valence-corrected chi connectivity index (χ1v) is 22.3. The average molecular weight is 908 g/mol. The molecule has 358 valence electrons. The second-order valence-electron chi connectivity index (χ2n) is 16.6. The zero-order chi connectivity index (χ0) is 48.1. The molecule has 8 atom stereocenters. The molecule has 8 amide bonds. The molecular weight excluding hydrogens is 839 g/mol. The van der Waals surface area contributed by atoms with Gasteiger partial charge in [-0.25, -0.2) is 0 Å². The van der Waals surface area contributed by atoms with Crippen LogP contribution in [-0.2, 0) is 57.6 Å². The van der Waals surface area contributed by atoms with E-state index in [1.54, 1.807) is 42.5 Å². The molecule has 0 bridgehead atoms. The summed E-state index contributed by atoms with van der Waals surface area (Å²) in [5, 5.41) is 31.7. The van der Waals surface area contributed by atoms with Crippen LogP contribution in [0.4, 0.5) is 0 Å². The number of aryl methyl sites for hydroxylation is 1. The lowest BCUT2D eigenvalue weighted by Crippen LogP contribution is -2.61. The number of aliphatic hydroxyl groups is 1. The van der Waals surface area contributed by atoms with Gasteiger partial charge < -0.3 is 64.8 Å². The Morgan fingerprint density at radius 1 is 0.631 bits per heavy atom. The summed E-state index contributed by atoms with van der Waals surface area (Å²) in [5.74, 6) is -6.23. The van der Waals surface area contributed by atoms with Crippen LogP contribution in [0.15, 0.2) is 54.6 Å². The van der Waals surface area contributed by atoms with Gasteiger partial charge in [-0.1, -0.05) is 75.4 Å². The molecule has 2 aromatic rings. The van der Waals surface area contributed by atoms with Crippen LogP contribution >= 0.6 is 0 Å². The van der Waals surface area contributed by atoms with Crippen LogP contribution in [0.3, 0.4) is 0 Å². The summed E-state index contributed by atoms with van der Waals surface area (Å²) in [7, 11) is 0. The van der Waals surface area contributed by atoms with E-state index in [1.165, 1.54) is 6.92 Å². The molecule has 15 N–H and O–H groups in total. The molecule has 0 spiro atoms. The topological polar surface area (TPSA) is 331 Å². The summed E-state index contributed by atoms with van der Waals surface area (Å²) >= 11 is 0. The molecule has 0 saturated carbocycles. The number of rotatable bonds is 15. The van der Waals surface area contributed by atoms with Crippen LogP contribution in [0.1, 0.15) is 76.5 Å². The standard InChI is InChI=1S/C45H69N11O9/c1-5-29-13-9-10-14-30(29)25-37(58)50-34-18-22-49-45(65)38(27(4)57)56-42(62)33(17-21-48)52-39(59)31(15-19-46)53-43(63)35(23-26(2)3)54-44(64)36(24-28-11-7-6-8-12-28)55-40(60)32(16-20-47)51-41(34)61/h6-14,26-27,31-36,38,57H,5,15-25,46-48H2,1-4H3,(H,49,65)(H,50,58)(H,51,61)(H,52,59)(H,53,63)(H,54,64)(H,55,60)(H,56,62)/t27-,31+,32+,33+,34+,35+,36-,38+/m1/s1. The highest BCUT2D eigenvalue weighted by molar-refractivity contribution is 5.98. The lowest BCUT2D eigenvalue weighted by molar-refractivity contribution is -0.136. The highest BCUT2D eigenvalue weighted by Gasteiger charge is 2.35. The van der Waals surface area contributed by atoms with Gasteiger partial charge in [0.25, 0.3) is 0 Å². The number of carbonyl (C=O) groups is 8. The molecule has 0 aliphatic carbocycles. The number of hydrogen-bond acceptors (Lipinski definition) is 12. The number of nitrogens with one attached hydrogen (secondary N) is 8. The molecule has 0 aromatic heterocycles. The van der Waals surface area contributed by atoms with Crippen molar-refractivity contribution >= 4 is 47.3 Å². The van der Waals surface area contributed by atoms with Gasteiger partial charge in [-0.2, -0.15) is 0 Å². The van der Waals surface area contributed by atoms with Crippen molar-refractivity contribution in [3.8, 4) is 0 Å². The zero-order valence-corrected chi connectivity index (χ0v) is 37.8. The van der Waals surface area contributed by atoms with Gasteiger partial charge >= 0.3 is 0 Å². The maximum atomic E-state index is 14.2. The molecule has 1 saturated heterocycles. The largest absolute Gasteiger partial charge is 0.391 e. The minimum Gasteiger partial charge on any atom is -0.391 e. The molecule has 1 aliphatic heterocycles. The van der Waals surface area contributed by atoms with E-state index in [0.717, 1.165) is 11.1 Å². The fourth-order valence-corrected chi connectivity index (χ4v) is 7.30. The average Bonchev–Trinajstić information content (AvgIpc) is 3.26. The number of aliphatic hydroxyl groups excluding tert-OH is 1. The Hall–Kier alpha value is -5.96. The molecule has 0 radical (unpaired) electrons. The van der Waals surface area contributed by atoms with Crippen LogP contribution in [-0.4, -0.2) is 127 Å². The maximum absolute atomic E-state index is 14.2. The van der Waals surface area contributed by atoms with E-state index in [0.29, 0.717) is 12.0 Å². The maximum Gasteiger partial charge on any atom is 0.245 e. The third kappa shape index (κ3) is 17.5. The van der Waals surface area contributed by atoms with E-state index in [-0.39, 0.29) is 77.0 Å². The molecule has 20 nitrogen and oxygen atoms in total. The molecule has 1 heterocycles. The van der Waals surface area contributed by atoms with Crippen LogP contribution in [0.25, 0.3) is 0 Å². The number of amides is 8. The molecule has 20 heteroatoms. The third-order valence-corrected chi connectivity index (χ3v) is 10.8. The number of carbonyl (C=O) groups excluding carboxylic acids is 8. The number of benzene rings is 2. The van der Waals surface area contributed by atoms with Gasteiger partial charge in [-0.3, -0.25) is 38.4 Å². The smallest absolute Gasteiger partial charge is 0.245 e. The summed E-state index contributed by atoms with van der Waals surface area (Å²) in [5.41, 5.74) is 19.9. The molecule has 1 fully saturated rings. The highest BCUT2D eigenvalue weighted by Crippen LogP contribution is 2.12. The molecular formula is C45H69N11O9. The van der Waals surface area contributed by atoms with Gasteiger partial charge in [0.05, 0.1) is 12.5 Å². The van der Waals surface area contributed by atoms with Crippen molar-refractivity contribution in [3.05, 3.63) is 71.3 Å². The third-order valence-electron chi connectivity index (χ3n) is 10.8. The molecule has 3 rings (SSSR count). The van der Waals surface area contributed by atoms with Gasteiger partial charge in [0.1, 0.15) is 42.3 Å². The summed E-state index contributed by atoms with van der Waals surface area (Å²) in [6.45, 7) is 6.41. The van der Waals surface area contributed by atoms with Gasteiger partial charge in [0, 0.05) is 13.0 Å². The fraction of sp³-hybridized carbons (Fsp3) is 0.556. The minimum absolute atomic E-state index is 0.0222. The van der Waals surface area contributed by atoms with Crippen molar-refractivity contribution in [1.82, 2.24) is 42.5 Å². The van der Waals surface area contributed by atoms with Crippen LogP contribution in [0.5, 0.6) is 0 Å². The Kier molecular flexibility index (Phi) is 22.5. The van der Waals surface area contributed by atoms with Gasteiger partial charge in [0.2, 0.25) is 47.3 Å². The number of nitrogens with two attached hydrogens (primary N) is 3. The Morgan fingerprint density at radius 2 is 1.09 bits per heavy atom. The second kappa shape index (κ2) is 27.4. The Bertz CT molecular complexity index is 1920. The first-order valence-electron chi connectivity index (χ1n) is 22.3. The van der Waals surface area contributed by atoms with Crippen molar-refractivity contribution in [3.63, 3.8) is 0 Å². The molecule has 0 unspecified atom stereocenters. The van der Waals surface area contributed by atoms with Crippen molar-refractivity contribution in [2.24, 2.45) is 23.1 Å². The Labute approximate surface area is 380 Å². The number of hydrogen-bond donors (Lipinski definition) is 12. The quantitative estimate of drug-likeness (QED) is 0.0878. The summed E-state index contributed by atoms with van der Waals surface area (Å²) < 4.78 is 0. The lowest BCUT2D eigenvalue weighted by atomic mass is 10.00. The molecule has 2 aromatic carbocycles. The van der Waals surface area contributed by atoms with E-state index in [4.69, 9.17) is 17.2 Å². The van der Waals surface area contributed by atoms with Crippen molar-refractivity contribution in [1.29, 1.82) is 0 Å². The van der Waals surface area contributed by atoms with Gasteiger partial charge in [-0.05, 0) is 87.7 Å². The van der Waals surface area contributed by atoms with Crippen molar-refractivity contribution in [2.75, 3.05) is 26.2 Å². The van der Waals surface area contributed by atoms with Crippen molar-refractivity contribution in [2.45, 2.75) is 127 Å². The summed E-state index contributed by atoms with van der Waals surface area (Å²) in [6, 6.07) is 6.85. The Balaban J connectivity index is 2.10. The minimum atomic E-state index is -1.55. The van der Waals surface area contributed by atoms with Crippen LogP contribution < -0.4 is 59.7 Å². The van der Waals surface area contributed by atoms with E-state index in [2.05, 4.69) is 42.5 Å². The second-order valence-corrected chi connectivity index (χ2v) is 16.6. The van der Waals surface area contributed by atoms with Crippen LogP contribution in [0, 0.1) is 5.92 Å².